The molecular formula is C14H26O4. The molecule has 18 heavy (non-hydrogen) atoms. The van der Waals surface area contributed by atoms with E-state index in [2.05, 4.69) is 0 Å². The Hall–Kier alpha value is -0.610. The van der Waals surface area contributed by atoms with Gasteiger partial charge in [-0.25, -0.2) is 0 Å². The molecule has 0 aromatic heterocycles. The zero-order valence-electron chi connectivity index (χ0n) is 12.1. The normalized spacial score (nSPS) is 30.1. The van der Waals surface area contributed by atoms with Gasteiger partial charge in [-0.3, -0.25) is 4.79 Å². The Bertz CT molecular complexity index is 306. The molecule has 0 heterocycles. The molecular weight excluding hydrogens is 232 g/mol. The van der Waals surface area contributed by atoms with Crippen molar-refractivity contribution < 1.29 is 19.7 Å². The Balaban J connectivity index is 2.81. The fourth-order valence-electron chi connectivity index (χ4n) is 2.30. The van der Waals surface area contributed by atoms with E-state index in [9.17, 15) is 15.0 Å². The Morgan fingerprint density at radius 1 is 1.17 bits per heavy atom. The number of ether oxygens (including phenoxy) is 1. The monoisotopic (exact) mass is 258 g/mol. The molecule has 1 saturated carbocycles. The first-order valence-corrected chi connectivity index (χ1v) is 6.62. The molecule has 0 aromatic rings. The Kier molecular flexibility index (Phi) is 4.13. The van der Waals surface area contributed by atoms with Crippen molar-refractivity contribution in [1.29, 1.82) is 0 Å². The highest BCUT2D eigenvalue weighted by Crippen LogP contribution is 2.43. The van der Waals surface area contributed by atoms with Crippen LogP contribution in [0.25, 0.3) is 0 Å². The van der Waals surface area contributed by atoms with E-state index >= 15 is 0 Å². The van der Waals surface area contributed by atoms with Crippen LogP contribution in [0.4, 0.5) is 0 Å². The summed E-state index contributed by atoms with van der Waals surface area (Å²) in [7, 11) is 0. The van der Waals surface area contributed by atoms with Gasteiger partial charge in [0, 0.05) is 0 Å². The first kappa shape index (κ1) is 15.4. The molecule has 1 rings (SSSR count). The second kappa shape index (κ2) is 4.82. The Labute approximate surface area is 109 Å². The summed E-state index contributed by atoms with van der Waals surface area (Å²) >= 11 is 0. The third-order valence-corrected chi connectivity index (χ3v) is 3.85. The summed E-state index contributed by atoms with van der Waals surface area (Å²) in [6.45, 7) is 8.89. The molecule has 0 aliphatic heterocycles. The summed E-state index contributed by atoms with van der Waals surface area (Å²) in [4.78, 5) is 12.2. The van der Waals surface area contributed by atoms with E-state index in [0.717, 1.165) is 0 Å². The maximum Gasteiger partial charge on any atom is 0.314 e. The third-order valence-electron chi connectivity index (χ3n) is 3.85. The van der Waals surface area contributed by atoms with Crippen molar-refractivity contribution >= 4 is 5.97 Å². The van der Waals surface area contributed by atoms with Crippen molar-refractivity contribution in [3.63, 3.8) is 0 Å². The predicted octanol–water partition coefficient (Wildman–Crippen LogP) is 2.02. The largest absolute Gasteiger partial charge is 0.459 e. The molecule has 1 aliphatic rings. The first-order chi connectivity index (χ1) is 7.98. The minimum absolute atomic E-state index is 0.361. The quantitative estimate of drug-likeness (QED) is 0.744. The van der Waals surface area contributed by atoms with Gasteiger partial charge in [-0.15, -0.1) is 0 Å². The van der Waals surface area contributed by atoms with Gasteiger partial charge in [0.1, 0.15) is 5.60 Å². The number of hydrogen-bond donors (Lipinski definition) is 2. The van der Waals surface area contributed by atoms with Crippen molar-refractivity contribution in [2.45, 2.75) is 77.6 Å². The van der Waals surface area contributed by atoms with Crippen molar-refractivity contribution in [1.82, 2.24) is 0 Å². The smallest absolute Gasteiger partial charge is 0.314 e. The maximum atomic E-state index is 12.2. The van der Waals surface area contributed by atoms with Crippen molar-refractivity contribution in [3.8, 4) is 0 Å². The summed E-state index contributed by atoms with van der Waals surface area (Å²) < 4.78 is 5.39. The molecule has 0 atom stereocenters. The standard InChI is InChI=1S/C14H26O4/c1-12(2,3)18-11(16)13(4,5)14(17)8-6-10(15)7-9-14/h10,15,17H,6-9H2,1-5H3/t10-,14+. The van der Waals surface area contributed by atoms with Gasteiger partial charge in [0.25, 0.3) is 0 Å². The lowest BCUT2D eigenvalue weighted by Gasteiger charge is -2.45. The van der Waals surface area contributed by atoms with Gasteiger partial charge in [-0.05, 0) is 60.3 Å². The molecule has 2 N–H and O–H groups in total. The van der Waals surface area contributed by atoms with Crippen LogP contribution in [0.5, 0.6) is 0 Å². The minimum Gasteiger partial charge on any atom is -0.459 e. The molecule has 4 heteroatoms. The Morgan fingerprint density at radius 3 is 2.00 bits per heavy atom. The van der Waals surface area contributed by atoms with Crippen molar-refractivity contribution in [3.05, 3.63) is 0 Å². The van der Waals surface area contributed by atoms with Crippen LogP contribution in [0.2, 0.25) is 0 Å². The van der Waals surface area contributed by atoms with Crippen LogP contribution in [0.15, 0.2) is 0 Å². The molecule has 1 aliphatic carbocycles. The first-order valence-electron chi connectivity index (χ1n) is 6.62. The molecule has 1 fully saturated rings. The fourth-order valence-corrected chi connectivity index (χ4v) is 2.30. The average Bonchev–Trinajstić information content (AvgIpc) is 2.20. The van der Waals surface area contributed by atoms with Crippen molar-refractivity contribution in [2.24, 2.45) is 5.41 Å². The van der Waals surface area contributed by atoms with Crippen LogP contribution in [0.1, 0.15) is 60.3 Å². The van der Waals surface area contributed by atoms with Gasteiger partial charge < -0.3 is 14.9 Å². The van der Waals surface area contributed by atoms with E-state index in [-0.39, 0.29) is 12.1 Å². The summed E-state index contributed by atoms with van der Waals surface area (Å²) in [6, 6.07) is 0. The van der Waals surface area contributed by atoms with Crippen LogP contribution in [-0.4, -0.2) is 33.5 Å². The second-order valence-corrected chi connectivity index (χ2v) is 6.89. The van der Waals surface area contributed by atoms with Gasteiger partial charge in [-0.2, -0.15) is 0 Å². The van der Waals surface area contributed by atoms with Gasteiger partial charge in [0.15, 0.2) is 0 Å². The van der Waals surface area contributed by atoms with Gasteiger partial charge in [0.05, 0.1) is 17.1 Å². The van der Waals surface area contributed by atoms with E-state index in [1.54, 1.807) is 13.8 Å². The zero-order chi connectivity index (χ0) is 14.2. The van der Waals surface area contributed by atoms with Crippen LogP contribution in [-0.2, 0) is 9.53 Å². The molecule has 106 valence electrons. The highest BCUT2D eigenvalue weighted by Gasteiger charge is 2.51. The molecule has 0 radical (unpaired) electrons. The molecule has 0 bridgehead atoms. The highest BCUT2D eigenvalue weighted by atomic mass is 16.6. The third kappa shape index (κ3) is 3.23. The molecule has 0 unspecified atom stereocenters. The lowest BCUT2D eigenvalue weighted by atomic mass is 9.66. The predicted molar refractivity (Wildman–Crippen MR) is 69.1 cm³/mol. The summed E-state index contributed by atoms with van der Waals surface area (Å²) in [5.41, 5.74) is -2.60. The topological polar surface area (TPSA) is 66.8 Å². The lowest BCUT2D eigenvalue weighted by Crippen LogP contribution is -2.53. The molecule has 0 aromatic carbocycles. The number of aliphatic hydroxyl groups is 2. The van der Waals surface area contributed by atoms with Crippen LogP contribution >= 0.6 is 0 Å². The number of carbonyl (C=O) groups is 1. The van der Waals surface area contributed by atoms with Gasteiger partial charge in [0.2, 0.25) is 0 Å². The summed E-state index contributed by atoms with van der Waals surface area (Å²) in [5, 5.41) is 20.2. The van der Waals surface area contributed by atoms with E-state index in [1.165, 1.54) is 0 Å². The second-order valence-electron chi connectivity index (χ2n) is 6.89. The Morgan fingerprint density at radius 2 is 1.61 bits per heavy atom. The van der Waals surface area contributed by atoms with Crippen LogP contribution < -0.4 is 0 Å². The average molecular weight is 258 g/mol. The van der Waals surface area contributed by atoms with Crippen molar-refractivity contribution in [2.75, 3.05) is 0 Å². The summed E-state index contributed by atoms with van der Waals surface area (Å²) in [5.74, 6) is -0.381. The maximum absolute atomic E-state index is 12.2. The highest BCUT2D eigenvalue weighted by molar-refractivity contribution is 5.78. The van der Waals surface area contributed by atoms with Crippen LogP contribution in [0, 0.1) is 5.41 Å². The van der Waals surface area contributed by atoms with E-state index < -0.39 is 16.6 Å². The molecule has 0 saturated heterocycles. The molecule has 0 spiro atoms. The molecule has 4 nitrogen and oxygen atoms in total. The van der Waals surface area contributed by atoms with E-state index in [0.29, 0.717) is 25.7 Å². The fraction of sp³-hybridized carbons (Fsp3) is 0.929. The molecule has 0 amide bonds. The number of hydrogen-bond acceptors (Lipinski definition) is 4. The SMILES string of the molecule is CC(C)(C)OC(=O)C(C)(C)[C@]1(O)CC[C@@H](O)CC1. The number of carbonyl (C=O) groups excluding carboxylic acids is 1. The number of esters is 1. The van der Waals surface area contributed by atoms with Gasteiger partial charge in [-0.1, -0.05) is 0 Å². The van der Waals surface area contributed by atoms with E-state index in [4.69, 9.17) is 4.74 Å². The lowest BCUT2D eigenvalue weighted by molar-refractivity contribution is -0.188. The number of rotatable bonds is 2. The van der Waals surface area contributed by atoms with E-state index in [1.807, 2.05) is 20.8 Å². The van der Waals surface area contributed by atoms with Crippen LogP contribution in [0.3, 0.4) is 0 Å². The summed E-state index contributed by atoms with van der Waals surface area (Å²) in [6.07, 6.45) is 1.56. The van der Waals surface area contributed by atoms with Gasteiger partial charge >= 0.3 is 5.97 Å². The number of aliphatic hydroxyl groups excluding tert-OH is 1. The minimum atomic E-state index is -1.09. The zero-order valence-corrected chi connectivity index (χ0v) is 12.1.